The lowest BCUT2D eigenvalue weighted by Gasteiger charge is -2.26. The Balaban J connectivity index is 1.48. The van der Waals surface area contributed by atoms with Crippen LogP contribution in [0, 0.1) is 5.92 Å². The molecule has 0 aromatic heterocycles. The summed E-state index contributed by atoms with van der Waals surface area (Å²) in [5, 5.41) is 6.41. The van der Waals surface area contributed by atoms with Gasteiger partial charge < -0.3 is 20.1 Å². The molecule has 0 spiro atoms. The third-order valence-electron chi connectivity index (χ3n) is 7.81. The molecule has 0 bridgehead atoms. The number of fused-ring (bicyclic) bond motifs is 3. The smallest absolute Gasteiger partial charge is 0.407 e. The molecule has 0 saturated heterocycles. The van der Waals surface area contributed by atoms with Gasteiger partial charge in [-0.2, -0.15) is 0 Å². The number of sulfone groups is 1. The summed E-state index contributed by atoms with van der Waals surface area (Å²) >= 11 is 0. The molecular formula is C36H42N2O7S. The van der Waals surface area contributed by atoms with Gasteiger partial charge in [0.05, 0.1) is 17.4 Å². The molecule has 0 unspecified atom stereocenters. The maximum Gasteiger partial charge on any atom is 0.407 e. The fourth-order valence-corrected chi connectivity index (χ4v) is 6.45. The highest BCUT2D eigenvalue weighted by Gasteiger charge is 2.32. The van der Waals surface area contributed by atoms with E-state index in [0.717, 1.165) is 27.7 Å². The minimum Gasteiger partial charge on any atom is -0.460 e. The van der Waals surface area contributed by atoms with Gasteiger partial charge in [-0.25, -0.2) is 13.2 Å². The zero-order chi connectivity index (χ0) is 33.5. The van der Waals surface area contributed by atoms with Gasteiger partial charge in [0.15, 0.2) is 9.84 Å². The number of hydrogen-bond acceptors (Lipinski definition) is 7. The van der Waals surface area contributed by atoms with Crippen LogP contribution in [0.1, 0.15) is 64.5 Å². The van der Waals surface area contributed by atoms with Crippen molar-refractivity contribution in [1.29, 1.82) is 0 Å². The van der Waals surface area contributed by atoms with E-state index in [4.69, 9.17) is 9.47 Å². The summed E-state index contributed by atoms with van der Waals surface area (Å²) in [6.45, 7) is 8.92. The summed E-state index contributed by atoms with van der Waals surface area (Å²) in [6, 6.07) is 21.8. The molecule has 0 aliphatic heterocycles. The first-order valence-corrected chi connectivity index (χ1v) is 17.0. The van der Waals surface area contributed by atoms with Crippen LogP contribution in [0.25, 0.3) is 11.1 Å². The van der Waals surface area contributed by atoms with Crippen molar-refractivity contribution in [1.82, 2.24) is 10.6 Å². The molecule has 0 fully saturated rings. The predicted molar refractivity (Wildman–Crippen MR) is 177 cm³/mol. The molecule has 9 nitrogen and oxygen atoms in total. The number of hydrogen-bond donors (Lipinski definition) is 2. The first kappa shape index (κ1) is 34.4. The van der Waals surface area contributed by atoms with E-state index in [1.54, 1.807) is 39.0 Å². The van der Waals surface area contributed by atoms with Crippen molar-refractivity contribution < 1.29 is 32.3 Å². The number of benzene rings is 3. The van der Waals surface area contributed by atoms with Crippen LogP contribution >= 0.6 is 0 Å². The summed E-state index contributed by atoms with van der Waals surface area (Å²) in [6.07, 6.45) is 0.734. The van der Waals surface area contributed by atoms with E-state index < -0.39 is 45.5 Å². The van der Waals surface area contributed by atoms with Gasteiger partial charge in [0.1, 0.15) is 18.2 Å². The maximum atomic E-state index is 13.6. The van der Waals surface area contributed by atoms with Crippen LogP contribution in [0.2, 0.25) is 0 Å². The monoisotopic (exact) mass is 646 g/mol. The molecule has 46 heavy (non-hydrogen) atoms. The quantitative estimate of drug-likeness (QED) is 0.226. The van der Waals surface area contributed by atoms with Gasteiger partial charge in [-0.1, -0.05) is 87.0 Å². The Morgan fingerprint density at radius 2 is 1.43 bits per heavy atom. The fraction of sp³-hybridized carbons (Fsp3) is 0.361. The van der Waals surface area contributed by atoms with Gasteiger partial charge in [-0.05, 0) is 67.2 Å². The van der Waals surface area contributed by atoms with Crippen molar-refractivity contribution >= 4 is 27.8 Å². The number of carbonyl (C=O) groups excluding carboxylic acids is 3. The minimum absolute atomic E-state index is 0.0722. The van der Waals surface area contributed by atoms with E-state index >= 15 is 0 Å². The molecule has 10 heteroatoms. The van der Waals surface area contributed by atoms with Crippen molar-refractivity contribution in [2.75, 3.05) is 6.61 Å². The molecule has 244 valence electrons. The van der Waals surface area contributed by atoms with Crippen molar-refractivity contribution in [2.45, 2.75) is 76.0 Å². The van der Waals surface area contributed by atoms with E-state index in [0.29, 0.717) is 6.42 Å². The standard InChI is InChI=1S/C36H42N2O7S/c1-6-24(2)33(38-35(41)44-23-31-29-18-12-10-16-27(29)28-17-11-13-19-30(28)31)34(40)37-25(22-32(39)45-36(3,4)5)20-21-46(42,43)26-14-8-7-9-15-26/h7-21,24-25,31,33H,6,22-23H2,1-5H3,(H,37,40)(H,38,41)/b21-20+/t24-,25+,33-/m0/s1. The molecule has 2 N–H and O–H groups in total. The highest BCUT2D eigenvalue weighted by molar-refractivity contribution is 7.94. The van der Waals surface area contributed by atoms with Crippen LogP contribution in [0.15, 0.2) is 95.2 Å². The van der Waals surface area contributed by atoms with Gasteiger partial charge >= 0.3 is 12.1 Å². The highest BCUT2D eigenvalue weighted by Crippen LogP contribution is 2.44. The Morgan fingerprint density at radius 1 is 0.870 bits per heavy atom. The van der Waals surface area contributed by atoms with Gasteiger partial charge in [0.2, 0.25) is 5.91 Å². The normalized spacial score (nSPS) is 14.9. The molecule has 3 aromatic rings. The number of rotatable bonds is 12. The van der Waals surface area contributed by atoms with Crippen LogP contribution in [-0.2, 0) is 28.9 Å². The Kier molecular flexibility index (Phi) is 11.1. The molecule has 0 heterocycles. The Morgan fingerprint density at radius 3 is 2.00 bits per heavy atom. The topological polar surface area (TPSA) is 128 Å². The lowest BCUT2D eigenvalue weighted by Crippen LogP contribution is -2.52. The van der Waals surface area contributed by atoms with Crippen molar-refractivity contribution in [3.05, 3.63) is 101 Å². The number of alkyl carbamates (subject to hydrolysis) is 1. The van der Waals surface area contributed by atoms with Gasteiger partial charge in [0.25, 0.3) is 0 Å². The van der Waals surface area contributed by atoms with Gasteiger partial charge in [0, 0.05) is 11.3 Å². The molecule has 0 radical (unpaired) electrons. The zero-order valence-corrected chi connectivity index (χ0v) is 27.7. The molecule has 4 rings (SSSR count). The van der Waals surface area contributed by atoms with E-state index in [9.17, 15) is 22.8 Å². The third kappa shape index (κ3) is 8.84. The van der Waals surface area contributed by atoms with E-state index in [1.165, 1.54) is 18.2 Å². The third-order valence-corrected chi connectivity index (χ3v) is 9.25. The Hall–Kier alpha value is -4.44. The molecule has 1 aliphatic carbocycles. The summed E-state index contributed by atoms with van der Waals surface area (Å²) in [5.74, 6) is -1.66. The van der Waals surface area contributed by atoms with E-state index in [-0.39, 0.29) is 29.8 Å². The van der Waals surface area contributed by atoms with Crippen molar-refractivity contribution in [3.8, 4) is 11.1 Å². The second-order valence-electron chi connectivity index (χ2n) is 12.4. The Bertz CT molecular complexity index is 1630. The van der Waals surface area contributed by atoms with Crippen molar-refractivity contribution in [2.24, 2.45) is 5.92 Å². The minimum atomic E-state index is -3.85. The first-order chi connectivity index (χ1) is 21.8. The lowest BCUT2D eigenvalue weighted by atomic mass is 9.97. The average Bonchev–Trinajstić information content (AvgIpc) is 3.34. The largest absolute Gasteiger partial charge is 0.460 e. The fourth-order valence-electron chi connectivity index (χ4n) is 5.36. The number of esters is 1. The van der Waals surface area contributed by atoms with Crippen LogP contribution in [-0.4, -0.2) is 50.7 Å². The zero-order valence-electron chi connectivity index (χ0n) is 26.9. The highest BCUT2D eigenvalue weighted by atomic mass is 32.2. The van der Waals surface area contributed by atoms with Crippen molar-refractivity contribution in [3.63, 3.8) is 0 Å². The number of amides is 2. The molecular weight excluding hydrogens is 604 g/mol. The summed E-state index contributed by atoms with van der Waals surface area (Å²) in [4.78, 5) is 39.5. The molecule has 3 aromatic carbocycles. The predicted octanol–water partition coefficient (Wildman–Crippen LogP) is 6.14. The molecule has 2 amide bonds. The lowest BCUT2D eigenvalue weighted by molar-refractivity contribution is -0.155. The molecule has 0 saturated carbocycles. The van der Waals surface area contributed by atoms with Gasteiger partial charge in [-0.3, -0.25) is 9.59 Å². The SMILES string of the molecule is CC[C@H](C)[C@H](NC(=O)OCC1c2ccccc2-c2ccccc21)C(=O)N[C@H](/C=C/S(=O)(=O)c1ccccc1)CC(=O)OC(C)(C)C. The summed E-state index contributed by atoms with van der Waals surface area (Å²) in [5.41, 5.74) is 3.55. The summed E-state index contributed by atoms with van der Waals surface area (Å²) in [7, 11) is -3.85. The average molecular weight is 647 g/mol. The van der Waals surface area contributed by atoms with E-state index in [2.05, 4.69) is 10.6 Å². The summed E-state index contributed by atoms with van der Waals surface area (Å²) < 4.78 is 36.9. The molecule has 3 atom stereocenters. The van der Waals surface area contributed by atoms with Crippen LogP contribution in [0.3, 0.4) is 0 Å². The number of ether oxygens (including phenoxy) is 2. The van der Waals surface area contributed by atoms with Crippen LogP contribution < -0.4 is 10.6 Å². The Labute approximate surface area is 271 Å². The number of carbonyl (C=O) groups is 3. The second kappa shape index (κ2) is 14.8. The first-order valence-electron chi connectivity index (χ1n) is 15.4. The second-order valence-corrected chi connectivity index (χ2v) is 14.3. The maximum absolute atomic E-state index is 13.6. The molecule has 1 aliphatic rings. The van der Waals surface area contributed by atoms with E-state index in [1.807, 2.05) is 62.4 Å². The van der Waals surface area contributed by atoms with Crippen LogP contribution in [0.4, 0.5) is 4.79 Å². The van der Waals surface area contributed by atoms with Crippen LogP contribution in [0.5, 0.6) is 0 Å². The van der Waals surface area contributed by atoms with Gasteiger partial charge in [-0.15, -0.1) is 0 Å². The number of nitrogens with one attached hydrogen (secondary N) is 2.